The van der Waals surface area contributed by atoms with Crippen LogP contribution in [0.5, 0.6) is 11.6 Å². The normalized spacial score (nSPS) is 14.0. The zero-order valence-corrected chi connectivity index (χ0v) is 18.3. The first kappa shape index (κ1) is 20.3. The Hall–Kier alpha value is -3.64. The van der Waals surface area contributed by atoms with Gasteiger partial charge in [-0.15, -0.1) is 0 Å². The number of pyridine rings is 1. The van der Waals surface area contributed by atoms with Crippen molar-refractivity contribution in [1.82, 2.24) is 19.8 Å². The van der Waals surface area contributed by atoms with Crippen molar-refractivity contribution < 1.29 is 9.53 Å². The molecule has 3 heterocycles. The van der Waals surface area contributed by atoms with E-state index >= 15 is 0 Å². The molecule has 5 rings (SSSR count). The van der Waals surface area contributed by atoms with Crippen LogP contribution in [0.1, 0.15) is 21.5 Å². The van der Waals surface area contributed by atoms with Crippen molar-refractivity contribution >= 4 is 16.8 Å². The van der Waals surface area contributed by atoms with Gasteiger partial charge in [-0.05, 0) is 43.2 Å². The van der Waals surface area contributed by atoms with E-state index in [9.17, 15) is 4.79 Å². The van der Waals surface area contributed by atoms with E-state index in [1.807, 2.05) is 77.9 Å². The van der Waals surface area contributed by atoms with Gasteiger partial charge >= 0.3 is 0 Å². The van der Waals surface area contributed by atoms with Gasteiger partial charge in [0, 0.05) is 43.4 Å². The van der Waals surface area contributed by atoms with E-state index in [4.69, 9.17) is 4.74 Å². The molecule has 0 unspecified atom stereocenters. The number of carbonyl (C=O) groups excluding carboxylic acids is 1. The molecule has 4 aromatic rings. The third kappa shape index (κ3) is 3.52. The topological polar surface area (TPSA) is 59.4 Å². The molecule has 1 fully saturated rings. The summed E-state index contributed by atoms with van der Waals surface area (Å²) in [6, 6.07) is 18.0. The molecule has 2 aromatic heterocycles. The first-order valence-corrected chi connectivity index (χ1v) is 10.9. The summed E-state index contributed by atoms with van der Waals surface area (Å²) in [6.07, 6.45) is 3.53. The Labute approximate surface area is 187 Å². The van der Waals surface area contributed by atoms with Gasteiger partial charge in [-0.2, -0.15) is 0 Å². The monoisotopic (exact) mass is 426 g/mol. The van der Waals surface area contributed by atoms with E-state index in [1.165, 1.54) is 0 Å². The molecule has 6 heteroatoms. The Morgan fingerprint density at radius 3 is 2.41 bits per heavy atom. The molecule has 0 aliphatic carbocycles. The van der Waals surface area contributed by atoms with Gasteiger partial charge in [-0.25, -0.2) is 0 Å². The maximum atomic E-state index is 13.8. The quantitative estimate of drug-likeness (QED) is 0.523. The molecule has 162 valence electrons. The van der Waals surface area contributed by atoms with E-state index in [0.29, 0.717) is 24.5 Å². The zero-order valence-electron chi connectivity index (χ0n) is 18.3. The molecule has 1 aliphatic heterocycles. The van der Waals surface area contributed by atoms with E-state index in [0.717, 1.165) is 46.6 Å². The summed E-state index contributed by atoms with van der Waals surface area (Å²) in [6.45, 7) is 6.97. The summed E-state index contributed by atoms with van der Waals surface area (Å²) < 4.78 is 8.63. The lowest BCUT2D eigenvalue weighted by Crippen LogP contribution is -2.46. The third-order valence-electron chi connectivity index (χ3n) is 5.97. The van der Waals surface area contributed by atoms with Gasteiger partial charge in [0.05, 0.1) is 11.7 Å². The number of fused-ring (bicyclic) bond motifs is 1. The van der Waals surface area contributed by atoms with Crippen LogP contribution in [-0.4, -0.2) is 46.5 Å². The molecule has 0 radical (unpaired) electrons. The van der Waals surface area contributed by atoms with Crippen LogP contribution in [0.25, 0.3) is 16.6 Å². The molecule has 32 heavy (non-hydrogen) atoms. The van der Waals surface area contributed by atoms with Crippen LogP contribution in [0.15, 0.2) is 67.0 Å². The molecule has 6 nitrogen and oxygen atoms in total. The lowest BCUT2D eigenvalue weighted by Gasteiger charge is -2.27. The van der Waals surface area contributed by atoms with Gasteiger partial charge in [0.1, 0.15) is 11.3 Å². The van der Waals surface area contributed by atoms with Crippen LogP contribution >= 0.6 is 0 Å². The number of ether oxygens (including phenoxy) is 1. The molecule has 0 spiro atoms. The molecule has 1 amide bonds. The highest BCUT2D eigenvalue weighted by molar-refractivity contribution is 6.10. The summed E-state index contributed by atoms with van der Waals surface area (Å²) >= 11 is 0. The van der Waals surface area contributed by atoms with Gasteiger partial charge in [0.25, 0.3) is 5.91 Å². The average molecular weight is 427 g/mol. The van der Waals surface area contributed by atoms with Crippen LogP contribution in [0.3, 0.4) is 0 Å². The van der Waals surface area contributed by atoms with E-state index < -0.39 is 0 Å². The number of aromatic nitrogens is 2. The van der Waals surface area contributed by atoms with Crippen molar-refractivity contribution in [3.8, 4) is 17.3 Å². The second-order valence-corrected chi connectivity index (χ2v) is 8.11. The van der Waals surface area contributed by atoms with Crippen molar-refractivity contribution in [1.29, 1.82) is 0 Å². The lowest BCUT2D eigenvalue weighted by atomic mass is 10.1. The van der Waals surface area contributed by atoms with Crippen molar-refractivity contribution in [3.05, 3.63) is 83.7 Å². The summed E-state index contributed by atoms with van der Waals surface area (Å²) in [5.74, 6) is 1.29. The highest BCUT2D eigenvalue weighted by atomic mass is 16.5. The van der Waals surface area contributed by atoms with Gasteiger partial charge in [-0.1, -0.05) is 36.4 Å². The SMILES string of the molecule is Cc1cccc(C)c1Oc1c(C(=O)N2CCNCC2)c2ccncc2n1-c1ccccc1. The fourth-order valence-electron chi connectivity index (χ4n) is 4.33. The molecule has 1 N–H and O–H groups in total. The van der Waals surface area contributed by atoms with Crippen LogP contribution in [0, 0.1) is 13.8 Å². The number of hydrogen-bond donors (Lipinski definition) is 1. The highest BCUT2D eigenvalue weighted by Gasteiger charge is 2.30. The number of nitrogens with one attached hydrogen (secondary N) is 1. The Balaban J connectivity index is 1.78. The first-order valence-electron chi connectivity index (χ1n) is 10.9. The van der Waals surface area contributed by atoms with E-state index in [-0.39, 0.29) is 5.91 Å². The second kappa shape index (κ2) is 8.48. The molecular weight excluding hydrogens is 400 g/mol. The van der Waals surface area contributed by atoms with Crippen LogP contribution < -0.4 is 10.1 Å². The Morgan fingerprint density at radius 1 is 0.969 bits per heavy atom. The summed E-state index contributed by atoms with van der Waals surface area (Å²) in [7, 11) is 0. The minimum Gasteiger partial charge on any atom is -0.439 e. The van der Waals surface area contributed by atoms with E-state index in [1.54, 1.807) is 12.4 Å². The highest BCUT2D eigenvalue weighted by Crippen LogP contribution is 2.39. The summed E-state index contributed by atoms with van der Waals surface area (Å²) in [5, 5.41) is 4.16. The molecule has 0 saturated carbocycles. The number of nitrogens with zero attached hydrogens (tertiary/aromatic N) is 3. The minimum absolute atomic E-state index is 0.0152. The van der Waals surface area contributed by atoms with Gasteiger partial charge in [0.15, 0.2) is 0 Å². The summed E-state index contributed by atoms with van der Waals surface area (Å²) in [5.41, 5.74) is 4.39. The van der Waals surface area contributed by atoms with Gasteiger partial charge in [0.2, 0.25) is 5.88 Å². The molecule has 1 aliphatic rings. The predicted octanol–water partition coefficient (Wildman–Crippen LogP) is 4.48. The smallest absolute Gasteiger partial charge is 0.260 e. The number of rotatable bonds is 4. The number of piperazine rings is 1. The number of carbonyl (C=O) groups is 1. The number of amides is 1. The molecule has 1 saturated heterocycles. The lowest BCUT2D eigenvalue weighted by molar-refractivity contribution is 0.0735. The van der Waals surface area contributed by atoms with E-state index in [2.05, 4.69) is 10.3 Å². The minimum atomic E-state index is -0.0152. The average Bonchev–Trinajstić information content (AvgIpc) is 3.16. The fraction of sp³-hybridized carbons (Fsp3) is 0.231. The number of aryl methyl sites for hydroxylation is 2. The summed E-state index contributed by atoms with van der Waals surface area (Å²) in [4.78, 5) is 20.1. The first-order chi connectivity index (χ1) is 15.6. The van der Waals surface area contributed by atoms with Crippen molar-refractivity contribution in [2.45, 2.75) is 13.8 Å². The maximum Gasteiger partial charge on any atom is 0.260 e. The third-order valence-corrected chi connectivity index (χ3v) is 5.97. The second-order valence-electron chi connectivity index (χ2n) is 8.11. The maximum absolute atomic E-state index is 13.8. The predicted molar refractivity (Wildman–Crippen MR) is 126 cm³/mol. The van der Waals surface area contributed by atoms with Crippen LogP contribution in [-0.2, 0) is 0 Å². The Morgan fingerprint density at radius 2 is 1.69 bits per heavy atom. The number of benzene rings is 2. The van der Waals surface area contributed by atoms with Crippen molar-refractivity contribution in [2.75, 3.05) is 26.2 Å². The van der Waals surface area contributed by atoms with Crippen LogP contribution in [0.2, 0.25) is 0 Å². The molecule has 0 atom stereocenters. The standard InChI is InChI=1S/C26H26N4O2/c1-18-7-6-8-19(2)24(18)32-26-23(25(31)29-15-13-27-14-16-29)21-11-12-28-17-22(21)30(26)20-9-4-3-5-10-20/h3-12,17,27H,13-16H2,1-2H3. The van der Waals surface area contributed by atoms with Gasteiger partial charge < -0.3 is 15.0 Å². The number of hydrogen-bond acceptors (Lipinski definition) is 4. The Kier molecular flexibility index (Phi) is 5.37. The fourth-order valence-corrected chi connectivity index (χ4v) is 4.33. The van der Waals surface area contributed by atoms with Crippen molar-refractivity contribution in [2.24, 2.45) is 0 Å². The van der Waals surface area contributed by atoms with Gasteiger partial charge in [-0.3, -0.25) is 14.3 Å². The number of para-hydroxylation sites is 2. The largest absolute Gasteiger partial charge is 0.439 e. The molecule has 0 bridgehead atoms. The molecular formula is C26H26N4O2. The van der Waals surface area contributed by atoms with Crippen LogP contribution in [0.4, 0.5) is 0 Å². The van der Waals surface area contributed by atoms with Crippen molar-refractivity contribution in [3.63, 3.8) is 0 Å². The Bertz CT molecular complexity index is 1250. The zero-order chi connectivity index (χ0) is 22.1. The molecule has 2 aromatic carbocycles.